The topological polar surface area (TPSA) is 36.7 Å². The first-order valence-corrected chi connectivity index (χ1v) is 5.93. The minimum absolute atomic E-state index is 0.470. The molecule has 1 aromatic heterocycles. The average Bonchev–Trinajstić information content (AvgIpc) is 2.32. The molecule has 0 fully saturated rings. The van der Waals surface area contributed by atoms with Crippen molar-refractivity contribution in [2.45, 2.75) is 26.7 Å². The van der Waals surface area contributed by atoms with Crippen molar-refractivity contribution in [2.75, 3.05) is 0 Å². The molecule has 2 nitrogen and oxygen atoms in total. The first kappa shape index (κ1) is 11.9. The number of fused-ring (bicyclic) bond motifs is 1. The van der Waals surface area contributed by atoms with Gasteiger partial charge in [-0.25, -0.2) is 4.98 Å². The largest absolute Gasteiger partial charge is 0.236 e. The Labute approximate surface area is 106 Å². The van der Waals surface area contributed by atoms with E-state index in [-0.39, 0.29) is 0 Å². The van der Waals surface area contributed by atoms with Crippen molar-refractivity contribution in [3.05, 3.63) is 40.0 Å². The van der Waals surface area contributed by atoms with Crippen molar-refractivity contribution in [1.82, 2.24) is 4.98 Å². The van der Waals surface area contributed by atoms with Crippen molar-refractivity contribution in [1.29, 1.82) is 5.26 Å². The van der Waals surface area contributed by atoms with Gasteiger partial charge in [0.25, 0.3) is 0 Å². The second-order valence-electron chi connectivity index (χ2n) is 4.19. The second kappa shape index (κ2) is 4.73. The van der Waals surface area contributed by atoms with Crippen LogP contribution in [-0.4, -0.2) is 4.98 Å². The highest BCUT2D eigenvalue weighted by atomic mass is 35.5. The molecule has 86 valence electrons. The van der Waals surface area contributed by atoms with E-state index in [9.17, 15) is 0 Å². The van der Waals surface area contributed by atoms with E-state index in [2.05, 4.69) is 36.2 Å². The number of hydrogen-bond donors (Lipinski definition) is 0. The maximum absolute atomic E-state index is 8.62. The molecule has 0 unspecified atom stereocenters. The summed E-state index contributed by atoms with van der Waals surface area (Å²) >= 11 is 6.14. The molecule has 2 aromatic rings. The van der Waals surface area contributed by atoms with Crippen LogP contribution in [0.15, 0.2) is 18.2 Å². The Bertz CT molecular complexity index is 612. The monoisotopic (exact) mass is 244 g/mol. The third-order valence-electron chi connectivity index (χ3n) is 2.94. The van der Waals surface area contributed by atoms with Gasteiger partial charge in [-0.3, -0.25) is 0 Å². The number of rotatable bonds is 2. The lowest BCUT2D eigenvalue weighted by Gasteiger charge is -2.08. The van der Waals surface area contributed by atoms with E-state index in [1.807, 2.05) is 6.92 Å². The number of nitrogens with zero attached hydrogens (tertiary/aromatic N) is 2. The molecular formula is C14H13ClN2. The van der Waals surface area contributed by atoms with Crippen molar-refractivity contribution < 1.29 is 0 Å². The zero-order chi connectivity index (χ0) is 12.4. The Morgan fingerprint density at radius 2 is 2.00 bits per heavy atom. The van der Waals surface area contributed by atoms with Gasteiger partial charge >= 0.3 is 0 Å². The summed E-state index contributed by atoms with van der Waals surface area (Å²) in [6, 6.07) is 8.33. The number of hydrogen-bond acceptors (Lipinski definition) is 2. The molecule has 0 aliphatic carbocycles. The van der Waals surface area contributed by atoms with Crippen LogP contribution in [0.2, 0.25) is 5.15 Å². The third-order valence-corrected chi connectivity index (χ3v) is 3.26. The smallest absolute Gasteiger partial charge is 0.133 e. The molecule has 17 heavy (non-hydrogen) atoms. The van der Waals surface area contributed by atoms with Crippen molar-refractivity contribution >= 4 is 22.5 Å². The number of benzene rings is 1. The van der Waals surface area contributed by atoms with Gasteiger partial charge in [-0.05, 0) is 43.0 Å². The van der Waals surface area contributed by atoms with Crippen LogP contribution < -0.4 is 0 Å². The lowest BCUT2D eigenvalue weighted by atomic mass is 10.0. The van der Waals surface area contributed by atoms with E-state index in [1.54, 1.807) is 0 Å². The number of aryl methyl sites for hydroxylation is 3. The molecular weight excluding hydrogens is 232 g/mol. The van der Waals surface area contributed by atoms with Crippen molar-refractivity contribution in [2.24, 2.45) is 0 Å². The number of halogens is 1. The molecule has 0 bridgehead atoms. The van der Waals surface area contributed by atoms with E-state index in [1.165, 1.54) is 5.56 Å². The van der Waals surface area contributed by atoms with Crippen LogP contribution in [0.4, 0.5) is 0 Å². The summed E-state index contributed by atoms with van der Waals surface area (Å²) in [7, 11) is 0. The molecule has 0 saturated heterocycles. The van der Waals surface area contributed by atoms with Crippen LogP contribution in [0.1, 0.15) is 23.1 Å². The summed E-state index contributed by atoms with van der Waals surface area (Å²) in [6.45, 7) is 4.09. The molecule has 1 aromatic carbocycles. The van der Waals surface area contributed by atoms with Gasteiger partial charge in [0.1, 0.15) is 5.15 Å². The van der Waals surface area contributed by atoms with Gasteiger partial charge < -0.3 is 0 Å². The SMILES string of the molecule is Cc1ccc(C)c2nc(Cl)c(CCC#N)cc12. The first-order chi connectivity index (χ1) is 8.13. The van der Waals surface area contributed by atoms with E-state index >= 15 is 0 Å². The summed E-state index contributed by atoms with van der Waals surface area (Å²) in [6.07, 6.45) is 1.13. The standard InChI is InChI=1S/C14H13ClN2/c1-9-5-6-10(2)13-12(9)8-11(4-3-7-16)14(15)17-13/h5-6,8H,3-4H2,1-2H3. The molecule has 0 aliphatic rings. The fourth-order valence-corrected chi connectivity index (χ4v) is 2.15. The fraction of sp³-hybridized carbons (Fsp3) is 0.286. The van der Waals surface area contributed by atoms with Gasteiger partial charge in [0.05, 0.1) is 11.6 Å². The molecule has 0 radical (unpaired) electrons. The van der Waals surface area contributed by atoms with Gasteiger partial charge in [0, 0.05) is 11.8 Å². The molecule has 2 rings (SSSR count). The minimum atomic E-state index is 0.470. The summed E-state index contributed by atoms with van der Waals surface area (Å²) in [5.74, 6) is 0. The van der Waals surface area contributed by atoms with Gasteiger partial charge in [-0.15, -0.1) is 0 Å². The molecule has 0 N–H and O–H groups in total. The Hall–Kier alpha value is -1.59. The van der Waals surface area contributed by atoms with Gasteiger partial charge in [0.15, 0.2) is 0 Å². The minimum Gasteiger partial charge on any atom is -0.236 e. The lowest BCUT2D eigenvalue weighted by molar-refractivity contribution is 1.00. The maximum atomic E-state index is 8.62. The van der Waals surface area contributed by atoms with Crippen LogP contribution in [0, 0.1) is 25.2 Å². The van der Waals surface area contributed by atoms with Crippen LogP contribution in [-0.2, 0) is 6.42 Å². The summed E-state index contributed by atoms with van der Waals surface area (Å²) < 4.78 is 0. The summed E-state index contributed by atoms with van der Waals surface area (Å²) in [4.78, 5) is 4.44. The molecule has 0 spiro atoms. The van der Waals surface area contributed by atoms with E-state index in [0.29, 0.717) is 18.0 Å². The Balaban J connectivity index is 2.63. The Morgan fingerprint density at radius 1 is 1.29 bits per heavy atom. The van der Waals surface area contributed by atoms with Crippen LogP contribution in [0.25, 0.3) is 10.9 Å². The van der Waals surface area contributed by atoms with E-state index in [4.69, 9.17) is 16.9 Å². The molecule has 3 heteroatoms. The quantitative estimate of drug-likeness (QED) is 0.750. The highest BCUT2D eigenvalue weighted by Crippen LogP contribution is 2.26. The first-order valence-electron chi connectivity index (χ1n) is 5.55. The van der Waals surface area contributed by atoms with Crippen LogP contribution >= 0.6 is 11.6 Å². The predicted molar refractivity (Wildman–Crippen MR) is 70.2 cm³/mol. The number of pyridine rings is 1. The van der Waals surface area contributed by atoms with Crippen LogP contribution in [0.3, 0.4) is 0 Å². The Kier molecular flexibility index (Phi) is 3.31. The second-order valence-corrected chi connectivity index (χ2v) is 4.55. The lowest BCUT2D eigenvalue weighted by Crippen LogP contribution is -1.93. The van der Waals surface area contributed by atoms with Crippen molar-refractivity contribution in [3.63, 3.8) is 0 Å². The Morgan fingerprint density at radius 3 is 2.71 bits per heavy atom. The molecule has 0 saturated carbocycles. The highest BCUT2D eigenvalue weighted by molar-refractivity contribution is 6.30. The zero-order valence-corrected chi connectivity index (χ0v) is 10.7. The zero-order valence-electron chi connectivity index (χ0n) is 9.92. The van der Waals surface area contributed by atoms with E-state index in [0.717, 1.165) is 22.0 Å². The van der Waals surface area contributed by atoms with Gasteiger partial charge in [0.2, 0.25) is 0 Å². The number of nitriles is 1. The maximum Gasteiger partial charge on any atom is 0.133 e. The molecule has 0 aliphatic heterocycles. The van der Waals surface area contributed by atoms with Crippen molar-refractivity contribution in [3.8, 4) is 6.07 Å². The third kappa shape index (κ3) is 2.25. The average molecular weight is 245 g/mol. The molecule has 0 amide bonds. The molecule has 0 atom stereocenters. The van der Waals surface area contributed by atoms with E-state index < -0.39 is 0 Å². The number of aromatic nitrogens is 1. The van der Waals surface area contributed by atoms with Gasteiger partial charge in [-0.1, -0.05) is 23.7 Å². The molecule has 1 heterocycles. The predicted octanol–water partition coefficient (Wildman–Crippen LogP) is 3.96. The summed E-state index contributed by atoms with van der Waals surface area (Å²) in [5, 5.41) is 10.3. The fourth-order valence-electron chi connectivity index (χ4n) is 1.92. The van der Waals surface area contributed by atoms with Gasteiger partial charge in [-0.2, -0.15) is 5.26 Å². The normalized spacial score (nSPS) is 10.5. The highest BCUT2D eigenvalue weighted by Gasteiger charge is 2.08. The van der Waals surface area contributed by atoms with Crippen LogP contribution in [0.5, 0.6) is 0 Å². The summed E-state index contributed by atoms with van der Waals surface area (Å²) in [5.41, 5.74) is 4.22.